The Kier molecular flexibility index (Phi) is 7.50. The number of hydrogen-bond acceptors (Lipinski definition) is 6. The Balaban J connectivity index is 1.46. The first kappa shape index (κ1) is 22.3. The molecule has 2 N–H and O–H groups in total. The molecule has 1 fully saturated rings. The molecule has 0 spiro atoms. The van der Waals surface area contributed by atoms with Crippen molar-refractivity contribution in [1.29, 1.82) is 0 Å². The lowest BCUT2D eigenvalue weighted by molar-refractivity contribution is -0.117. The van der Waals surface area contributed by atoms with Gasteiger partial charge in [0.2, 0.25) is 11.9 Å². The van der Waals surface area contributed by atoms with Crippen LogP contribution >= 0.6 is 11.6 Å². The number of amides is 1. The predicted octanol–water partition coefficient (Wildman–Crippen LogP) is 3.80. The second kappa shape index (κ2) is 10.1. The van der Waals surface area contributed by atoms with Crippen molar-refractivity contribution < 1.29 is 4.79 Å². The number of nitrogens with zero attached hydrogens (tertiary/aromatic N) is 4. The molecule has 2 aromatic rings. The van der Waals surface area contributed by atoms with Crippen LogP contribution < -0.4 is 15.5 Å². The van der Waals surface area contributed by atoms with Crippen LogP contribution in [0.25, 0.3) is 0 Å². The molecule has 1 aromatic carbocycles. The Morgan fingerprint density at radius 1 is 1.13 bits per heavy atom. The number of carbonyl (C=O) groups is 1. The minimum Gasteiger partial charge on any atom is -0.362 e. The van der Waals surface area contributed by atoms with E-state index in [1.165, 1.54) is 0 Å². The number of nitrogens with one attached hydrogen (secondary N) is 2. The van der Waals surface area contributed by atoms with Gasteiger partial charge in [-0.3, -0.25) is 9.69 Å². The van der Waals surface area contributed by atoms with Gasteiger partial charge >= 0.3 is 0 Å². The van der Waals surface area contributed by atoms with Crippen molar-refractivity contribution in [3.63, 3.8) is 0 Å². The van der Waals surface area contributed by atoms with Crippen LogP contribution in [0.3, 0.4) is 0 Å². The topological polar surface area (TPSA) is 73.4 Å². The van der Waals surface area contributed by atoms with E-state index in [0.29, 0.717) is 29.6 Å². The average Bonchev–Trinajstić information content (AvgIpc) is 2.71. The Bertz CT molecular complexity index is 849. The zero-order valence-electron chi connectivity index (χ0n) is 18.2. The van der Waals surface area contributed by atoms with Gasteiger partial charge in [0.05, 0.1) is 6.54 Å². The van der Waals surface area contributed by atoms with E-state index >= 15 is 0 Å². The summed E-state index contributed by atoms with van der Waals surface area (Å²) in [5.74, 6) is 1.61. The van der Waals surface area contributed by atoms with Crippen LogP contribution in [0, 0.1) is 6.92 Å². The molecule has 1 amide bonds. The lowest BCUT2D eigenvalue weighted by atomic mass is 9.90. The van der Waals surface area contributed by atoms with Crippen molar-refractivity contribution >= 4 is 35.0 Å². The van der Waals surface area contributed by atoms with Gasteiger partial charge in [-0.25, -0.2) is 4.98 Å². The lowest BCUT2D eigenvalue weighted by Crippen LogP contribution is -2.42. The highest BCUT2D eigenvalue weighted by atomic mass is 35.5. The first-order chi connectivity index (χ1) is 14.3. The van der Waals surface area contributed by atoms with Crippen LogP contribution in [-0.2, 0) is 4.79 Å². The first-order valence-corrected chi connectivity index (χ1v) is 10.7. The fraction of sp³-hybridized carbons (Fsp3) is 0.500. The molecule has 162 valence electrons. The van der Waals surface area contributed by atoms with E-state index in [1.807, 2.05) is 51.3 Å². The third-order valence-corrected chi connectivity index (χ3v) is 5.79. The largest absolute Gasteiger partial charge is 0.362 e. The summed E-state index contributed by atoms with van der Waals surface area (Å²) in [6.07, 6.45) is 6.00. The smallest absolute Gasteiger partial charge is 0.238 e. The molecule has 1 heterocycles. The molecule has 3 rings (SSSR count). The number of anilines is 3. The summed E-state index contributed by atoms with van der Waals surface area (Å²) >= 11 is 5.89. The van der Waals surface area contributed by atoms with E-state index in [0.717, 1.165) is 42.8 Å². The Morgan fingerprint density at radius 3 is 2.43 bits per heavy atom. The summed E-state index contributed by atoms with van der Waals surface area (Å²) in [6.45, 7) is 2.39. The van der Waals surface area contributed by atoms with Gasteiger partial charge in [0.25, 0.3) is 0 Å². The van der Waals surface area contributed by atoms with Crippen molar-refractivity contribution in [2.75, 3.05) is 43.2 Å². The second-order valence-corrected chi connectivity index (χ2v) is 8.65. The summed E-state index contributed by atoms with van der Waals surface area (Å²) in [5.41, 5.74) is 1.83. The Hall–Kier alpha value is -2.38. The molecule has 7 nitrogen and oxygen atoms in total. The molecule has 1 aliphatic carbocycles. The molecular weight excluding hydrogens is 400 g/mol. The lowest BCUT2D eigenvalue weighted by Gasteiger charge is -2.34. The molecule has 0 radical (unpaired) electrons. The minimum absolute atomic E-state index is 0.00987. The number of likely N-dealkylation sites (N-methyl/N-ethyl adjacent to an activating group) is 1. The average molecular weight is 431 g/mol. The van der Waals surface area contributed by atoms with Gasteiger partial charge in [0.1, 0.15) is 5.82 Å². The fourth-order valence-corrected chi connectivity index (χ4v) is 4.01. The van der Waals surface area contributed by atoms with Crippen LogP contribution in [0.15, 0.2) is 30.5 Å². The van der Waals surface area contributed by atoms with Crippen LogP contribution in [0.4, 0.5) is 17.5 Å². The highest BCUT2D eigenvalue weighted by molar-refractivity contribution is 6.30. The van der Waals surface area contributed by atoms with Crippen LogP contribution in [0.1, 0.15) is 31.2 Å². The second-order valence-electron chi connectivity index (χ2n) is 8.21. The van der Waals surface area contributed by atoms with Crippen molar-refractivity contribution in [2.45, 2.75) is 44.7 Å². The molecule has 30 heavy (non-hydrogen) atoms. The number of aryl methyl sites for hydroxylation is 1. The van der Waals surface area contributed by atoms with Gasteiger partial charge in [-0.1, -0.05) is 11.6 Å². The van der Waals surface area contributed by atoms with Crippen LogP contribution in [0.5, 0.6) is 0 Å². The predicted molar refractivity (Wildman–Crippen MR) is 123 cm³/mol. The highest BCUT2D eigenvalue weighted by Gasteiger charge is 2.25. The van der Waals surface area contributed by atoms with Gasteiger partial charge in [-0.2, -0.15) is 4.98 Å². The summed E-state index contributed by atoms with van der Waals surface area (Å²) in [4.78, 5) is 25.6. The summed E-state index contributed by atoms with van der Waals surface area (Å²) in [7, 11) is 6.00. The monoisotopic (exact) mass is 430 g/mol. The van der Waals surface area contributed by atoms with Crippen LogP contribution in [-0.4, -0.2) is 60.5 Å². The molecule has 0 bridgehead atoms. The number of halogens is 1. The van der Waals surface area contributed by atoms with Crippen molar-refractivity contribution in [3.05, 3.63) is 41.0 Å². The van der Waals surface area contributed by atoms with Gasteiger partial charge in [-0.15, -0.1) is 0 Å². The molecule has 1 aromatic heterocycles. The Morgan fingerprint density at radius 2 is 1.80 bits per heavy atom. The Labute approximate surface area is 183 Å². The van der Waals surface area contributed by atoms with E-state index < -0.39 is 0 Å². The number of benzene rings is 1. The molecule has 0 aliphatic heterocycles. The maximum absolute atomic E-state index is 12.4. The third kappa shape index (κ3) is 6.06. The van der Waals surface area contributed by atoms with E-state index in [9.17, 15) is 4.79 Å². The van der Waals surface area contributed by atoms with Gasteiger partial charge in [-0.05, 0) is 63.9 Å². The normalized spacial score (nSPS) is 18.9. The fourth-order valence-electron chi connectivity index (χ4n) is 3.89. The van der Waals surface area contributed by atoms with Crippen molar-refractivity contribution in [2.24, 2.45) is 0 Å². The molecule has 8 heteroatoms. The van der Waals surface area contributed by atoms with Crippen LogP contribution in [0.2, 0.25) is 5.02 Å². The molecule has 0 saturated heterocycles. The van der Waals surface area contributed by atoms with Gasteiger partial charge in [0, 0.05) is 48.6 Å². The standard InChI is InChI=1S/C22H31ClN6O/c1-15-13-24-22(27-21(15)28(2)3)26-18-9-11-19(12-10-18)29(4)14-20(30)25-17-7-5-16(23)6-8-17/h5-8,13,18-19H,9-12,14H2,1-4H3,(H,25,30)(H,24,26,27). The van der Waals surface area contributed by atoms with Gasteiger partial charge < -0.3 is 15.5 Å². The summed E-state index contributed by atoms with van der Waals surface area (Å²) < 4.78 is 0. The zero-order chi connectivity index (χ0) is 21.7. The maximum atomic E-state index is 12.4. The number of carbonyl (C=O) groups excluding carboxylic acids is 1. The molecule has 1 aliphatic rings. The van der Waals surface area contributed by atoms with Crippen molar-refractivity contribution in [1.82, 2.24) is 14.9 Å². The number of rotatable bonds is 7. The van der Waals surface area contributed by atoms with E-state index in [4.69, 9.17) is 11.6 Å². The zero-order valence-corrected chi connectivity index (χ0v) is 18.9. The molecule has 1 saturated carbocycles. The molecular formula is C22H31ClN6O. The third-order valence-electron chi connectivity index (χ3n) is 5.54. The van der Waals surface area contributed by atoms with E-state index in [2.05, 4.69) is 25.5 Å². The summed E-state index contributed by atoms with van der Waals surface area (Å²) in [6, 6.07) is 7.92. The summed E-state index contributed by atoms with van der Waals surface area (Å²) in [5, 5.41) is 7.07. The number of hydrogen-bond donors (Lipinski definition) is 2. The molecule has 0 atom stereocenters. The minimum atomic E-state index is -0.00987. The molecule has 0 unspecified atom stereocenters. The number of aromatic nitrogens is 2. The van der Waals surface area contributed by atoms with Gasteiger partial charge in [0.15, 0.2) is 0 Å². The SMILES string of the molecule is Cc1cnc(NC2CCC(N(C)CC(=O)Nc3ccc(Cl)cc3)CC2)nc1N(C)C. The van der Waals surface area contributed by atoms with Crippen molar-refractivity contribution in [3.8, 4) is 0 Å². The van der Waals surface area contributed by atoms with E-state index in [1.54, 1.807) is 12.1 Å². The van der Waals surface area contributed by atoms with E-state index in [-0.39, 0.29) is 5.91 Å². The maximum Gasteiger partial charge on any atom is 0.238 e. The quantitative estimate of drug-likeness (QED) is 0.696. The first-order valence-electron chi connectivity index (χ1n) is 10.3. The highest BCUT2D eigenvalue weighted by Crippen LogP contribution is 2.25.